The number of hydrogen-bond donors (Lipinski definition) is 0. The predicted octanol–water partition coefficient (Wildman–Crippen LogP) is 5.45. The van der Waals surface area contributed by atoms with Gasteiger partial charge in [0.1, 0.15) is 6.61 Å². The molecule has 0 spiro atoms. The summed E-state index contributed by atoms with van der Waals surface area (Å²) in [7, 11) is 0. The fraction of sp³-hybridized carbons (Fsp3) is 0.500. The van der Waals surface area contributed by atoms with Gasteiger partial charge in [-0.2, -0.15) is 0 Å². The summed E-state index contributed by atoms with van der Waals surface area (Å²) in [5, 5.41) is 0.465. The number of rotatable bonds is 10. The molecule has 1 saturated heterocycles. The first-order valence-corrected chi connectivity index (χ1v) is 12.1. The molecule has 2 aliphatic rings. The van der Waals surface area contributed by atoms with Crippen molar-refractivity contribution in [3.05, 3.63) is 58.7 Å². The van der Waals surface area contributed by atoms with Crippen LogP contribution in [0.1, 0.15) is 79.6 Å². The lowest BCUT2D eigenvalue weighted by Crippen LogP contribution is -2.32. The molecule has 190 valence electrons. The summed E-state index contributed by atoms with van der Waals surface area (Å²) in [5.41, 5.74) is 5.21. The molecule has 2 amide bonds. The Bertz CT molecular complexity index is 977. The van der Waals surface area contributed by atoms with E-state index < -0.39 is 23.8 Å². The molecule has 0 aromatic rings. The minimum Gasteiger partial charge on any atom is -0.461 e. The summed E-state index contributed by atoms with van der Waals surface area (Å²) in [6.07, 6.45) is 15.3. The van der Waals surface area contributed by atoms with Crippen molar-refractivity contribution in [1.82, 2.24) is 5.06 Å². The zero-order valence-electron chi connectivity index (χ0n) is 21.5. The number of ether oxygens (including phenoxy) is 1. The van der Waals surface area contributed by atoms with Gasteiger partial charge < -0.3 is 9.57 Å². The molecule has 0 radical (unpaired) electrons. The van der Waals surface area contributed by atoms with Gasteiger partial charge >= 0.3 is 11.9 Å². The molecule has 0 atom stereocenters. The Morgan fingerprint density at radius 1 is 0.971 bits per heavy atom. The molecule has 0 N–H and O–H groups in total. The first-order chi connectivity index (χ1) is 16.5. The van der Waals surface area contributed by atoms with Crippen LogP contribution in [0.5, 0.6) is 0 Å². The topological polar surface area (TPSA) is 90.0 Å². The number of imide groups is 1. The lowest BCUT2D eigenvalue weighted by atomic mass is 9.72. The van der Waals surface area contributed by atoms with Crippen molar-refractivity contribution in [3.63, 3.8) is 0 Å². The monoisotopic (exact) mass is 483 g/mol. The second-order valence-corrected chi connectivity index (χ2v) is 9.71. The molecule has 1 fully saturated rings. The smallest absolute Gasteiger partial charge is 0.333 e. The summed E-state index contributed by atoms with van der Waals surface area (Å²) in [6, 6.07) is 0. The van der Waals surface area contributed by atoms with Crippen LogP contribution in [-0.4, -0.2) is 35.4 Å². The SMILES string of the molecule is CC1=C(/C=C/C(C)=C\C=C\C(C)=C\COC(=O)CCC(=O)ON2C(=O)CCC2=O)C(C)(C)CCC1. The van der Waals surface area contributed by atoms with E-state index in [-0.39, 0.29) is 37.7 Å². The van der Waals surface area contributed by atoms with E-state index in [0.717, 1.165) is 11.1 Å². The Balaban J connectivity index is 1.73. The summed E-state index contributed by atoms with van der Waals surface area (Å²) in [5.74, 6) is -2.50. The summed E-state index contributed by atoms with van der Waals surface area (Å²) >= 11 is 0. The van der Waals surface area contributed by atoms with E-state index in [0.29, 0.717) is 5.06 Å². The number of hydroxylamine groups is 2. The van der Waals surface area contributed by atoms with Gasteiger partial charge in [0.15, 0.2) is 0 Å². The highest BCUT2D eigenvalue weighted by atomic mass is 16.7. The molecule has 0 saturated carbocycles. The van der Waals surface area contributed by atoms with E-state index >= 15 is 0 Å². The lowest BCUT2D eigenvalue weighted by Gasteiger charge is -2.32. The number of carbonyl (C=O) groups is 4. The molecule has 35 heavy (non-hydrogen) atoms. The fourth-order valence-corrected chi connectivity index (χ4v) is 4.05. The first kappa shape index (κ1) is 28.0. The van der Waals surface area contributed by atoms with Crippen LogP contribution in [0.4, 0.5) is 0 Å². The Labute approximate surface area is 208 Å². The zero-order chi connectivity index (χ0) is 26.0. The van der Waals surface area contributed by atoms with Gasteiger partial charge in [-0.25, -0.2) is 4.79 Å². The molecule has 1 heterocycles. The average molecular weight is 484 g/mol. The van der Waals surface area contributed by atoms with Gasteiger partial charge in [-0.1, -0.05) is 60.9 Å². The Hall–Kier alpha value is -3.22. The standard InChI is InChI=1S/C28H37NO6/c1-20(11-12-23-22(3)10-7-18-28(23,4)5)8-6-9-21(2)17-19-34-26(32)15-16-27(33)35-29-24(30)13-14-25(29)31/h6,8-9,11-12,17H,7,10,13-16,18-19H2,1-5H3/b9-6+,12-11+,20-8-,21-17+. The number of carbonyl (C=O) groups excluding carboxylic acids is 4. The number of esters is 1. The van der Waals surface area contributed by atoms with Gasteiger partial charge in [-0.05, 0) is 57.1 Å². The van der Waals surface area contributed by atoms with Crippen molar-refractivity contribution in [2.75, 3.05) is 6.61 Å². The zero-order valence-corrected chi connectivity index (χ0v) is 21.5. The molecule has 0 bridgehead atoms. The van der Waals surface area contributed by atoms with E-state index in [1.807, 2.05) is 25.2 Å². The van der Waals surface area contributed by atoms with Crippen LogP contribution in [0.2, 0.25) is 0 Å². The van der Waals surface area contributed by atoms with Crippen molar-refractivity contribution in [3.8, 4) is 0 Å². The maximum absolute atomic E-state index is 11.8. The predicted molar refractivity (Wildman–Crippen MR) is 133 cm³/mol. The number of allylic oxidation sites excluding steroid dienone is 9. The third-order valence-corrected chi connectivity index (χ3v) is 6.16. The van der Waals surface area contributed by atoms with Crippen molar-refractivity contribution in [1.29, 1.82) is 0 Å². The van der Waals surface area contributed by atoms with Crippen molar-refractivity contribution < 1.29 is 28.8 Å². The normalized spacial score (nSPS) is 19.3. The molecule has 0 aromatic heterocycles. The van der Waals surface area contributed by atoms with E-state index in [1.54, 1.807) is 6.08 Å². The van der Waals surface area contributed by atoms with Gasteiger partial charge in [0.05, 0.1) is 12.8 Å². The molecule has 1 aliphatic heterocycles. The van der Waals surface area contributed by atoms with E-state index in [9.17, 15) is 19.2 Å². The van der Waals surface area contributed by atoms with Crippen molar-refractivity contribution >= 4 is 23.8 Å². The molecule has 0 aromatic carbocycles. The van der Waals surface area contributed by atoms with Crippen LogP contribution < -0.4 is 0 Å². The van der Waals surface area contributed by atoms with Crippen LogP contribution in [0.15, 0.2) is 58.7 Å². The Kier molecular flexibility index (Phi) is 10.4. The minimum atomic E-state index is -0.824. The summed E-state index contributed by atoms with van der Waals surface area (Å²) < 4.78 is 5.10. The molecular formula is C28H37NO6. The van der Waals surface area contributed by atoms with E-state index in [1.165, 1.54) is 30.4 Å². The molecule has 0 unspecified atom stereocenters. The first-order valence-electron chi connectivity index (χ1n) is 12.1. The Morgan fingerprint density at radius 3 is 2.29 bits per heavy atom. The van der Waals surface area contributed by atoms with Crippen molar-refractivity contribution in [2.45, 2.75) is 79.6 Å². The molecule has 7 heteroatoms. The number of amides is 2. The molecule has 2 rings (SSSR count). The highest BCUT2D eigenvalue weighted by Gasteiger charge is 2.32. The summed E-state index contributed by atoms with van der Waals surface area (Å²) in [6.45, 7) is 10.9. The fourth-order valence-electron chi connectivity index (χ4n) is 4.05. The average Bonchev–Trinajstić information content (AvgIpc) is 3.09. The molecule has 1 aliphatic carbocycles. The van der Waals surface area contributed by atoms with Gasteiger partial charge in [0.25, 0.3) is 11.8 Å². The third kappa shape index (κ3) is 9.15. The second kappa shape index (κ2) is 13.0. The van der Waals surface area contributed by atoms with Gasteiger partial charge in [0.2, 0.25) is 0 Å². The Morgan fingerprint density at radius 2 is 1.63 bits per heavy atom. The van der Waals surface area contributed by atoms with Crippen LogP contribution >= 0.6 is 0 Å². The minimum absolute atomic E-state index is 0.0245. The quantitative estimate of drug-likeness (QED) is 0.233. The summed E-state index contributed by atoms with van der Waals surface area (Å²) in [4.78, 5) is 51.1. The largest absolute Gasteiger partial charge is 0.461 e. The van der Waals surface area contributed by atoms with Gasteiger partial charge in [-0.15, -0.1) is 5.06 Å². The van der Waals surface area contributed by atoms with Crippen LogP contribution in [0.3, 0.4) is 0 Å². The van der Waals surface area contributed by atoms with E-state index in [4.69, 9.17) is 9.57 Å². The van der Waals surface area contributed by atoms with Crippen LogP contribution in [0, 0.1) is 5.41 Å². The number of nitrogens with zero attached hydrogens (tertiary/aromatic N) is 1. The van der Waals surface area contributed by atoms with Gasteiger partial charge in [-0.3, -0.25) is 14.4 Å². The molecule has 7 nitrogen and oxygen atoms in total. The third-order valence-electron chi connectivity index (χ3n) is 6.16. The van der Waals surface area contributed by atoms with E-state index in [2.05, 4.69) is 39.8 Å². The van der Waals surface area contributed by atoms with Crippen LogP contribution in [0.25, 0.3) is 0 Å². The highest BCUT2D eigenvalue weighted by molar-refractivity contribution is 6.01. The number of hydrogen-bond acceptors (Lipinski definition) is 6. The lowest BCUT2D eigenvalue weighted by molar-refractivity contribution is -0.197. The maximum Gasteiger partial charge on any atom is 0.333 e. The van der Waals surface area contributed by atoms with Gasteiger partial charge in [0, 0.05) is 12.8 Å². The maximum atomic E-state index is 11.8. The highest BCUT2D eigenvalue weighted by Crippen LogP contribution is 2.40. The van der Waals surface area contributed by atoms with Crippen LogP contribution in [-0.2, 0) is 28.8 Å². The molecular weight excluding hydrogens is 446 g/mol. The van der Waals surface area contributed by atoms with Crippen molar-refractivity contribution in [2.24, 2.45) is 5.41 Å². The second-order valence-electron chi connectivity index (χ2n) is 9.71.